The zero-order valence-corrected chi connectivity index (χ0v) is 12.5. The monoisotopic (exact) mass is 282 g/mol. The zero-order chi connectivity index (χ0) is 14.4. The van der Waals surface area contributed by atoms with Crippen LogP contribution in [0.3, 0.4) is 0 Å². The van der Waals surface area contributed by atoms with E-state index in [1.165, 1.54) is 12.8 Å². The van der Waals surface area contributed by atoms with Crippen LogP contribution in [0.15, 0.2) is 4.42 Å². The third-order valence-corrected chi connectivity index (χ3v) is 3.85. The predicted molar refractivity (Wildman–Crippen MR) is 77.7 cm³/mol. The number of aliphatic hydroxyl groups is 1. The summed E-state index contributed by atoms with van der Waals surface area (Å²) in [5, 5.41) is 20.9. The summed E-state index contributed by atoms with van der Waals surface area (Å²) in [5.74, 6) is 0.620. The molecule has 0 spiro atoms. The van der Waals surface area contributed by atoms with Crippen LogP contribution < -0.4 is 10.2 Å². The molecule has 1 aliphatic rings. The Balaban J connectivity index is 2.03. The Hall–Kier alpha value is -1.14. The van der Waals surface area contributed by atoms with Gasteiger partial charge < -0.3 is 19.7 Å². The van der Waals surface area contributed by atoms with Crippen molar-refractivity contribution in [3.8, 4) is 0 Å². The van der Waals surface area contributed by atoms with E-state index in [0.29, 0.717) is 24.5 Å². The smallest absolute Gasteiger partial charge is 0.318 e. The van der Waals surface area contributed by atoms with Crippen LogP contribution in [0.5, 0.6) is 0 Å². The molecule has 20 heavy (non-hydrogen) atoms. The molecule has 1 fully saturated rings. The number of anilines is 1. The van der Waals surface area contributed by atoms with Gasteiger partial charge in [0.1, 0.15) is 0 Å². The first-order valence-electron chi connectivity index (χ1n) is 7.70. The molecular weight excluding hydrogens is 256 g/mol. The number of rotatable bonds is 8. The second-order valence-corrected chi connectivity index (χ2v) is 5.45. The summed E-state index contributed by atoms with van der Waals surface area (Å²) >= 11 is 0. The molecule has 6 heteroatoms. The summed E-state index contributed by atoms with van der Waals surface area (Å²) in [6.07, 6.45) is 5.83. The predicted octanol–water partition coefficient (Wildman–Crippen LogP) is 1.87. The van der Waals surface area contributed by atoms with E-state index in [4.69, 9.17) is 4.42 Å². The van der Waals surface area contributed by atoms with E-state index in [1.54, 1.807) is 0 Å². The van der Waals surface area contributed by atoms with Crippen molar-refractivity contribution < 1.29 is 9.52 Å². The standard InChI is InChI=1S/C14H26N4O2/c1-3-8-15-11(2)13-16-17-14(20-13)18(9-10-19)12-6-4-5-7-12/h11-12,15,19H,3-10H2,1-2H3. The highest BCUT2D eigenvalue weighted by Gasteiger charge is 2.26. The van der Waals surface area contributed by atoms with Gasteiger partial charge in [0.25, 0.3) is 0 Å². The molecule has 1 aromatic rings. The number of hydrogen-bond donors (Lipinski definition) is 2. The fourth-order valence-corrected chi connectivity index (χ4v) is 2.72. The van der Waals surface area contributed by atoms with Gasteiger partial charge >= 0.3 is 6.01 Å². The van der Waals surface area contributed by atoms with Crippen LogP contribution in [0.4, 0.5) is 6.01 Å². The summed E-state index contributed by atoms with van der Waals surface area (Å²) in [6, 6.07) is 1.04. The zero-order valence-electron chi connectivity index (χ0n) is 12.5. The molecule has 0 aromatic carbocycles. The van der Waals surface area contributed by atoms with Gasteiger partial charge in [-0.2, -0.15) is 0 Å². The van der Waals surface area contributed by atoms with Gasteiger partial charge in [0.15, 0.2) is 0 Å². The quantitative estimate of drug-likeness (QED) is 0.758. The molecule has 1 saturated carbocycles. The summed E-state index contributed by atoms with van der Waals surface area (Å²) in [4.78, 5) is 2.07. The number of nitrogens with zero attached hydrogens (tertiary/aromatic N) is 3. The third-order valence-electron chi connectivity index (χ3n) is 3.85. The summed E-state index contributed by atoms with van der Waals surface area (Å²) in [5.41, 5.74) is 0. The second kappa shape index (κ2) is 7.59. The molecule has 0 bridgehead atoms. The number of aliphatic hydroxyl groups excluding tert-OH is 1. The molecule has 6 nitrogen and oxygen atoms in total. The Labute approximate surface area is 120 Å². The third kappa shape index (κ3) is 3.70. The molecule has 1 atom stereocenters. The molecule has 2 rings (SSSR count). The Bertz CT molecular complexity index is 390. The molecule has 0 saturated heterocycles. The molecular formula is C14H26N4O2. The Morgan fingerprint density at radius 3 is 2.80 bits per heavy atom. The van der Waals surface area contributed by atoms with Crippen molar-refractivity contribution in [1.82, 2.24) is 15.5 Å². The van der Waals surface area contributed by atoms with Crippen molar-refractivity contribution in [2.75, 3.05) is 24.6 Å². The van der Waals surface area contributed by atoms with E-state index in [-0.39, 0.29) is 12.6 Å². The number of aromatic nitrogens is 2. The van der Waals surface area contributed by atoms with Crippen molar-refractivity contribution in [3.05, 3.63) is 5.89 Å². The van der Waals surface area contributed by atoms with Crippen LogP contribution in [0, 0.1) is 0 Å². The average Bonchev–Trinajstić information content (AvgIpc) is 3.13. The van der Waals surface area contributed by atoms with Gasteiger partial charge in [0.2, 0.25) is 5.89 Å². The molecule has 1 aromatic heterocycles. The van der Waals surface area contributed by atoms with E-state index in [2.05, 4.69) is 27.3 Å². The summed E-state index contributed by atoms with van der Waals surface area (Å²) in [6.45, 7) is 5.75. The first-order chi connectivity index (χ1) is 9.76. The lowest BCUT2D eigenvalue weighted by molar-refractivity contribution is 0.291. The number of hydrogen-bond acceptors (Lipinski definition) is 6. The maximum absolute atomic E-state index is 9.25. The highest BCUT2D eigenvalue weighted by Crippen LogP contribution is 2.28. The van der Waals surface area contributed by atoms with E-state index < -0.39 is 0 Å². The molecule has 114 valence electrons. The molecule has 1 aliphatic carbocycles. The van der Waals surface area contributed by atoms with Gasteiger partial charge in [0, 0.05) is 12.6 Å². The Morgan fingerprint density at radius 2 is 2.15 bits per heavy atom. The lowest BCUT2D eigenvalue weighted by Crippen LogP contribution is -2.35. The minimum Gasteiger partial charge on any atom is -0.406 e. The van der Waals surface area contributed by atoms with Crippen LogP contribution in [0.1, 0.15) is 57.9 Å². The van der Waals surface area contributed by atoms with Gasteiger partial charge in [-0.05, 0) is 32.7 Å². The van der Waals surface area contributed by atoms with Gasteiger partial charge in [0.05, 0.1) is 12.6 Å². The normalized spacial score (nSPS) is 17.6. The minimum absolute atomic E-state index is 0.0655. The molecule has 0 amide bonds. The van der Waals surface area contributed by atoms with Gasteiger partial charge in [-0.3, -0.25) is 0 Å². The van der Waals surface area contributed by atoms with Crippen LogP contribution in [-0.4, -0.2) is 41.0 Å². The van der Waals surface area contributed by atoms with E-state index in [9.17, 15) is 5.11 Å². The van der Waals surface area contributed by atoms with Crippen molar-refractivity contribution in [2.45, 2.75) is 58.0 Å². The SMILES string of the molecule is CCCNC(C)c1nnc(N(CCO)C2CCCC2)o1. The molecule has 1 unspecified atom stereocenters. The lowest BCUT2D eigenvalue weighted by Gasteiger charge is -2.25. The van der Waals surface area contributed by atoms with Crippen LogP contribution in [0.2, 0.25) is 0 Å². The molecule has 2 N–H and O–H groups in total. The lowest BCUT2D eigenvalue weighted by atomic mass is 10.2. The topological polar surface area (TPSA) is 74.4 Å². The highest BCUT2D eigenvalue weighted by molar-refractivity contribution is 5.27. The van der Waals surface area contributed by atoms with Gasteiger partial charge in [-0.25, -0.2) is 0 Å². The second-order valence-electron chi connectivity index (χ2n) is 5.45. The first-order valence-corrected chi connectivity index (χ1v) is 7.70. The molecule has 0 aliphatic heterocycles. The Morgan fingerprint density at radius 1 is 1.40 bits per heavy atom. The van der Waals surface area contributed by atoms with Gasteiger partial charge in [-0.1, -0.05) is 24.9 Å². The van der Waals surface area contributed by atoms with E-state index in [0.717, 1.165) is 25.8 Å². The van der Waals surface area contributed by atoms with Crippen molar-refractivity contribution in [1.29, 1.82) is 0 Å². The first kappa shape index (κ1) is 15.3. The fourth-order valence-electron chi connectivity index (χ4n) is 2.72. The fraction of sp³-hybridized carbons (Fsp3) is 0.857. The van der Waals surface area contributed by atoms with Crippen molar-refractivity contribution in [2.24, 2.45) is 0 Å². The molecule has 1 heterocycles. The minimum atomic E-state index is 0.0655. The van der Waals surface area contributed by atoms with E-state index >= 15 is 0 Å². The Kier molecular flexibility index (Phi) is 5.79. The van der Waals surface area contributed by atoms with Crippen molar-refractivity contribution in [3.63, 3.8) is 0 Å². The summed E-state index contributed by atoms with van der Waals surface area (Å²) < 4.78 is 5.80. The largest absolute Gasteiger partial charge is 0.406 e. The highest BCUT2D eigenvalue weighted by atomic mass is 16.4. The number of nitrogens with one attached hydrogen (secondary N) is 1. The van der Waals surface area contributed by atoms with E-state index in [1.807, 2.05) is 6.92 Å². The van der Waals surface area contributed by atoms with Crippen LogP contribution >= 0.6 is 0 Å². The van der Waals surface area contributed by atoms with Gasteiger partial charge in [-0.15, -0.1) is 5.10 Å². The maximum atomic E-state index is 9.25. The summed E-state index contributed by atoms with van der Waals surface area (Å²) in [7, 11) is 0. The van der Waals surface area contributed by atoms with Crippen molar-refractivity contribution >= 4 is 6.01 Å². The average molecular weight is 282 g/mol. The maximum Gasteiger partial charge on any atom is 0.318 e. The van der Waals surface area contributed by atoms with Crippen LogP contribution in [0.25, 0.3) is 0 Å². The van der Waals surface area contributed by atoms with Crippen LogP contribution in [-0.2, 0) is 0 Å². The molecule has 0 radical (unpaired) electrons.